The first-order valence-corrected chi connectivity index (χ1v) is 4.13. The average Bonchev–Trinajstić information content (AvgIpc) is 2.29. The Bertz CT molecular complexity index is 252. The fourth-order valence-electron chi connectivity index (χ4n) is 1.18. The minimum absolute atomic E-state index is 0.630. The molecule has 0 aliphatic rings. The fraction of sp³-hybridized carbons (Fsp3) is 0.625. The van der Waals surface area contributed by atoms with Crippen LogP contribution in [0.4, 0.5) is 5.82 Å². The smallest absolute Gasteiger partial charge is 0.138 e. The summed E-state index contributed by atoms with van der Waals surface area (Å²) < 4.78 is 1.75. The second-order valence-electron chi connectivity index (χ2n) is 3.39. The zero-order valence-corrected chi connectivity index (χ0v) is 7.83. The van der Waals surface area contributed by atoms with Crippen LogP contribution in [0.1, 0.15) is 19.5 Å². The molecule has 1 heterocycles. The third kappa shape index (κ3) is 1.98. The number of hydrogen-bond acceptors (Lipinski definition) is 3. The first kappa shape index (κ1) is 9.06. The highest BCUT2D eigenvalue weighted by Gasteiger charge is 2.04. The van der Waals surface area contributed by atoms with E-state index < -0.39 is 0 Å². The van der Waals surface area contributed by atoms with Gasteiger partial charge in [-0.2, -0.15) is 5.10 Å². The van der Waals surface area contributed by atoms with Gasteiger partial charge in [0.15, 0.2) is 0 Å². The van der Waals surface area contributed by atoms with Crippen molar-refractivity contribution < 1.29 is 0 Å². The van der Waals surface area contributed by atoms with Crippen molar-refractivity contribution in [3.63, 3.8) is 0 Å². The summed E-state index contributed by atoms with van der Waals surface area (Å²) in [5.41, 5.74) is 3.67. The lowest BCUT2D eigenvalue weighted by molar-refractivity contribution is 0.621. The standard InChI is InChI=1S/C8H16N4/c1-6(2)4-7-5-8(10-9)12(3)11-7/h5-6,10H,4,9H2,1-3H3. The van der Waals surface area contributed by atoms with Crippen LogP contribution in [-0.2, 0) is 13.5 Å². The van der Waals surface area contributed by atoms with E-state index >= 15 is 0 Å². The van der Waals surface area contributed by atoms with Crippen molar-refractivity contribution in [1.82, 2.24) is 9.78 Å². The Kier molecular flexibility index (Phi) is 2.70. The van der Waals surface area contributed by atoms with Crippen LogP contribution in [0, 0.1) is 5.92 Å². The molecule has 0 saturated heterocycles. The number of nitrogen functional groups attached to an aromatic ring is 1. The summed E-state index contributed by atoms with van der Waals surface area (Å²) in [4.78, 5) is 0. The molecule has 1 aromatic rings. The van der Waals surface area contributed by atoms with Gasteiger partial charge in [-0.25, -0.2) is 5.84 Å². The Hall–Kier alpha value is -1.03. The van der Waals surface area contributed by atoms with E-state index in [0.29, 0.717) is 5.92 Å². The molecule has 0 aromatic carbocycles. The van der Waals surface area contributed by atoms with E-state index in [1.165, 1.54) is 0 Å². The highest BCUT2D eigenvalue weighted by Crippen LogP contribution is 2.11. The van der Waals surface area contributed by atoms with Gasteiger partial charge in [0.25, 0.3) is 0 Å². The fourth-order valence-corrected chi connectivity index (χ4v) is 1.18. The maximum absolute atomic E-state index is 5.28. The van der Waals surface area contributed by atoms with Crippen LogP contribution in [0.15, 0.2) is 6.07 Å². The van der Waals surface area contributed by atoms with Crippen molar-refractivity contribution in [3.05, 3.63) is 11.8 Å². The zero-order chi connectivity index (χ0) is 9.14. The predicted octanol–water partition coefficient (Wildman–Crippen LogP) is 0.904. The van der Waals surface area contributed by atoms with Gasteiger partial charge in [-0.3, -0.25) is 4.68 Å². The monoisotopic (exact) mass is 168 g/mol. The van der Waals surface area contributed by atoms with Gasteiger partial charge in [0.05, 0.1) is 5.69 Å². The first-order chi connectivity index (χ1) is 5.63. The van der Waals surface area contributed by atoms with Crippen LogP contribution < -0.4 is 11.3 Å². The number of aromatic nitrogens is 2. The summed E-state index contributed by atoms with van der Waals surface area (Å²) in [5, 5.41) is 4.30. The van der Waals surface area contributed by atoms with Crippen molar-refractivity contribution in [1.29, 1.82) is 0 Å². The molecule has 1 aromatic heterocycles. The van der Waals surface area contributed by atoms with Gasteiger partial charge in [0.2, 0.25) is 0 Å². The topological polar surface area (TPSA) is 55.9 Å². The van der Waals surface area contributed by atoms with E-state index in [1.54, 1.807) is 4.68 Å². The second-order valence-corrected chi connectivity index (χ2v) is 3.39. The molecule has 0 bridgehead atoms. The van der Waals surface area contributed by atoms with Crippen molar-refractivity contribution in [2.75, 3.05) is 5.43 Å². The van der Waals surface area contributed by atoms with E-state index in [1.807, 2.05) is 13.1 Å². The van der Waals surface area contributed by atoms with Gasteiger partial charge < -0.3 is 5.43 Å². The van der Waals surface area contributed by atoms with E-state index in [0.717, 1.165) is 17.9 Å². The molecule has 0 aliphatic carbocycles. The lowest BCUT2D eigenvalue weighted by Crippen LogP contribution is -2.10. The Morgan fingerprint density at radius 2 is 2.33 bits per heavy atom. The summed E-state index contributed by atoms with van der Waals surface area (Å²) in [6.45, 7) is 4.34. The largest absolute Gasteiger partial charge is 0.309 e. The number of nitrogens with two attached hydrogens (primary N) is 1. The van der Waals surface area contributed by atoms with Gasteiger partial charge in [-0.05, 0) is 12.3 Å². The number of nitrogens with one attached hydrogen (secondary N) is 1. The maximum atomic E-state index is 5.28. The minimum atomic E-state index is 0.630. The quantitative estimate of drug-likeness (QED) is 0.521. The van der Waals surface area contributed by atoms with Crippen LogP contribution in [0.3, 0.4) is 0 Å². The molecule has 0 radical (unpaired) electrons. The van der Waals surface area contributed by atoms with E-state index in [-0.39, 0.29) is 0 Å². The minimum Gasteiger partial charge on any atom is -0.309 e. The number of anilines is 1. The van der Waals surface area contributed by atoms with Gasteiger partial charge >= 0.3 is 0 Å². The van der Waals surface area contributed by atoms with Crippen molar-refractivity contribution >= 4 is 5.82 Å². The molecule has 0 amide bonds. The first-order valence-electron chi connectivity index (χ1n) is 4.13. The Morgan fingerprint density at radius 3 is 2.75 bits per heavy atom. The molecule has 0 atom stereocenters. The van der Waals surface area contributed by atoms with Gasteiger partial charge in [0.1, 0.15) is 5.82 Å². The molecule has 0 spiro atoms. The molecule has 4 heteroatoms. The summed E-state index contributed by atoms with van der Waals surface area (Å²) in [7, 11) is 1.87. The van der Waals surface area contributed by atoms with Crippen LogP contribution in [0.5, 0.6) is 0 Å². The molecule has 4 nitrogen and oxygen atoms in total. The summed E-state index contributed by atoms with van der Waals surface area (Å²) >= 11 is 0. The predicted molar refractivity (Wildman–Crippen MR) is 49.6 cm³/mol. The van der Waals surface area contributed by atoms with E-state index in [9.17, 15) is 0 Å². The number of rotatable bonds is 3. The van der Waals surface area contributed by atoms with Crippen LogP contribution >= 0.6 is 0 Å². The average molecular weight is 168 g/mol. The molecule has 12 heavy (non-hydrogen) atoms. The van der Waals surface area contributed by atoms with Crippen molar-refractivity contribution in [2.45, 2.75) is 20.3 Å². The van der Waals surface area contributed by atoms with Crippen LogP contribution in [0.25, 0.3) is 0 Å². The Labute approximate surface area is 72.7 Å². The zero-order valence-electron chi connectivity index (χ0n) is 7.83. The van der Waals surface area contributed by atoms with E-state index in [2.05, 4.69) is 24.4 Å². The highest BCUT2D eigenvalue weighted by molar-refractivity contribution is 5.35. The van der Waals surface area contributed by atoms with Crippen molar-refractivity contribution in [3.8, 4) is 0 Å². The molecule has 0 fully saturated rings. The Morgan fingerprint density at radius 1 is 1.67 bits per heavy atom. The van der Waals surface area contributed by atoms with Gasteiger partial charge in [0, 0.05) is 13.1 Å². The molecule has 0 aliphatic heterocycles. The molecular weight excluding hydrogens is 152 g/mol. The summed E-state index contributed by atoms with van der Waals surface area (Å²) in [6.07, 6.45) is 0.996. The number of hydrazine groups is 1. The molecule has 1 rings (SSSR count). The highest BCUT2D eigenvalue weighted by atomic mass is 15.4. The third-order valence-corrected chi connectivity index (χ3v) is 1.70. The van der Waals surface area contributed by atoms with E-state index in [4.69, 9.17) is 5.84 Å². The molecule has 68 valence electrons. The van der Waals surface area contributed by atoms with Crippen molar-refractivity contribution in [2.24, 2.45) is 18.8 Å². The number of hydrogen-bond donors (Lipinski definition) is 2. The van der Waals surface area contributed by atoms with Gasteiger partial charge in [-0.1, -0.05) is 13.8 Å². The molecule has 3 N–H and O–H groups in total. The summed E-state index contributed by atoms with van der Waals surface area (Å²) in [6, 6.07) is 1.97. The third-order valence-electron chi connectivity index (χ3n) is 1.70. The maximum Gasteiger partial charge on any atom is 0.138 e. The number of nitrogens with zero attached hydrogens (tertiary/aromatic N) is 2. The second kappa shape index (κ2) is 3.58. The van der Waals surface area contributed by atoms with Crippen LogP contribution in [-0.4, -0.2) is 9.78 Å². The molecular formula is C8H16N4. The van der Waals surface area contributed by atoms with Crippen LogP contribution in [0.2, 0.25) is 0 Å². The molecule has 0 saturated carbocycles. The number of aryl methyl sites for hydroxylation is 1. The lowest BCUT2D eigenvalue weighted by atomic mass is 10.1. The summed E-state index contributed by atoms with van der Waals surface area (Å²) in [5.74, 6) is 6.77. The Balaban J connectivity index is 2.75. The normalized spacial score (nSPS) is 10.8. The van der Waals surface area contributed by atoms with Gasteiger partial charge in [-0.15, -0.1) is 0 Å². The molecule has 0 unspecified atom stereocenters. The SMILES string of the molecule is CC(C)Cc1cc(NN)n(C)n1. The lowest BCUT2D eigenvalue weighted by Gasteiger charge is -1.98.